The number of hydrogen-bond acceptors (Lipinski definition) is 0. The zero-order valence-electron chi connectivity index (χ0n) is 1.49. The molecule has 0 aliphatic carbocycles. The molecule has 0 aromatic carbocycles. The van der Waals surface area contributed by atoms with Gasteiger partial charge in [-0.25, -0.2) is 0 Å². The second-order valence-corrected chi connectivity index (χ2v) is 0. The summed E-state index contributed by atoms with van der Waals surface area (Å²) in [6.07, 6.45) is 0. The molecule has 4 heteroatoms. The Balaban J connectivity index is 0. The molecule has 0 saturated carbocycles. The molecule has 0 nitrogen and oxygen atoms in total. The Bertz CT molecular complexity index is 8.00. The summed E-state index contributed by atoms with van der Waals surface area (Å²) in [6.45, 7) is 0. The molecule has 0 heterocycles. The summed E-state index contributed by atoms with van der Waals surface area (Å²) in [6, 6.07) is 0. The predicted octanol–water partition coefficient (Wildman–Crippen LogP) is -1.19. The van der Waals surface area contributed by atoms with Crippen LogP contribution < -0.4 is 0 Å². The van der Waals surface area contributed by atoms with Crippen LogP contribution in [0.1, 0.15) is 0 Å². The first kappa shape index (κ1) is 39.3. The first-order valence-corrected chi connectivity index (χ1v) is 0. The van der Waals surface area contributed by atoms with Crippen molar-refractivity contribution in [2.24, 2.45) is 0 Å². The fourth-order valence-electron chi connectivity index (χ4n) is 0. The van der Waals surface area contributed by atoms with E-state index in [1.807, 2.05) is 0 Å². The van der Waals surface area contributed by atoms with Crippen LogP contribution in [-0.2, 0) is 57.6 Å². The van der Waals surface area contributed by atoms with Gasteiger partial charge in [0, 0.05) is 57.6 Å². The van der Waals surface area contributed by atoms with Crippen molar-refractivity contribution < 1.29 is 57.6 Å². The van der Waals surface area contributed by atoms with Crippen LogP contribution in [0.5, 0.6) is 0 Å². The van der Waals surface area contributed by atoms with Crippen molar-refractivity contribution in [3.63, 3.8) is 0 Å². The van der Waals surface area contributed by atoms with Crippen LogP contribution in [-0.4, -0.2) is 8.41 Å². The third-order valence-corrected chi connectivity index (χ3v) is 0. The molecule has 0 aromatic rings. The molecule has 0 bridgehead atoms. The predicted molar refractivity (Wildman–Crippen MR) is 9.94 cm³/mol. The standard InChI is InChI=1S/BH3.Mn.Mo.Zn/h1H3;;;. The normalized spacial score (nSPS) is 0. The molecule has 0 unspecified atom stereocenters. The van der Waals surface area contributed by atoms with Gasteiger partial charge in [0.2, 0.25) is 0 Å². The molecule has 21 valence electrons. The molecule has 0 aliphatic heterocycles. The van der Waals surface area contributed by atoms with E-state index in [-0.39, 0.29) is 66.0 Å². The fraction of sp³-hybridized carbons (Fsp3) is 0. The topological polar surface area (TPSA) is 0 Å². The molecule has 0 aliphatic rings. The third-order valence-electron chi connectivity index (χ3n) is 0. The first-order valence-electron chi connectivity index (χ1n) is 0. The van der Waals surface area contributed by atoms with Crippen molar-refractivity contribution in [1.82, 2.24) is 0 Å². The Morgan fingerprint density at radius 2 is 1.00 bits per heavy atom. The van der Waals surface area contributed by atoms with Crippen LogP contribution in [0.25, 0.3) is 0 Å². The van der Waals surface area contributed by atoms with Gasteiger partial charge in [-0.05, 0) is 0 Å². The third kappa shape index (κ3) is 9.09. The first-order chi connectivity index (χ1) is 0. The fourth-order valence-corrected chi connectivity index (χ4v) is 0. The molecule has 1 radical (unpaired) electrons. The van der Waals surface area contributed by atoms with Crippen LogP contribution in [0, 0.1) is 0 Å². The maximum absolute atomic E-state index is 0. The Hall–Kier alpha value is 1.90. The SMILES string of the molecule is B.[Mn].[Mo].[Zn]. The summed E-state index contributed by atoms with van der Waals surface area (Å²) in [5.41, 5.74) is 0. The summed E-state index contributed by atoms with van der Waals surface area (Å²) < 4.78 is 0. The molecule has 0 saturated heterocycles. The van der Waals surface area contributed by atoms with Gasteiger partial charge in [0.1, 0.15) is 0 Å². The van der Waals surface area contributed by atoms with Crippen molar-refractivity contribution in [1.29, 1.82) is 0 Å². The Morgan fingerprint density at radius 3 is 1.00 bits per heavy atom. The molecule has 0 rings (SSSR count). The van der Waals surface area contributed by atoms with E-state index in [0.717, 1.165) is 0 Å². The number of hydrogen-bond donors (Lipinski definition) is 0. The Kier molecular flexibility index (Phi) is 203. The van der Waals surface area contributed by atoms with Crippen molar-refractivity contribution in [3.8, 4) is 0 Å². The molecular formula is H3BMnMoZn. The van der Waals surface area contributed by atoms with Crippen LogP contribution in [0.2, 0.25) is 0 Å². The van der Waals surface area contributed by atoms with Gasteiger partial charge in [-0.2, -0.15) is 0 Å². The molecule has 0 spiro atoms. The summed E-state index contributed by atoms with van der Waals surface area (Å²) in [5.74, 6) is 0. The van der Waals surface area contributed by atoms with Crippen LogP contribution in [0.15, 0.2) is 0 Å². The van der Waals surface area contributed by atoms with Gasteiger partial charge in [-0.15, -0.1) is 0 Å². The molecule has 4 heavy (non-hydrogen) atoms. The summed E-state index contributed by atoms with van der Waals surface area (Å²) in [7, 11) is 0. The smallest absolute Gasteiger partial charge is 0 e. The van der Waals surface area contributed by atoms with Gasteiger partial charge in [-0.3, -0.25) is 0 Å². The monoisotopic (exact) mass is 231 g/mol. The van der Waals surface area contributed by atoms with Crippen molar-refractivity contribution in [3.05, 3.63) is 0 Å². The van der Waals surface area contributed by atoms with Crippen LogP contribution >= 0.6 is 0 Å². The van der Waals surface area contributed by atoms with Gasteiger partial charge < -0.3 is 0 Å². The van der Waals surface area contributed by atoms with Gasteiger partial charge in [-0.1, -0.05) is 0 Å². The quantitative estimate of drug-likeness (QED) is 0.459. The Labute approximate surface area is 65.6 Å². The molecule has 0 fully saturated rings. The molecule has 0 atom stereocenters. The van der Waals surface area contributed by atoms with Crippen LogP contribution in [0.4, 0.5) is 0 Å². The van der Waals surface area contributed by atoms with Gasteiger partial charge in [0.15, 0.2) is 0 Å². The van der Waals surface area contributed by atoms with E-state index in [1.54, 1.807) is 0 Å². The molecular weight excluding hydrogens is 227 g/mol. The maximum Gasteiger partial charge on any atom is 0.0814 e. The molecule has 0 aromatic heterocycles. The van der Waals surface area contributed by atoms with Crippen LogP contribution in [0.3, 0.4) is 0 Å². The minimum atomic E-state index is 0. The second kappa shape index (κ2) is 20.7. The van der Waals surface area contributed by atoms with Gasteiger partial charge >= 0.3 is 0 Å². The van der Waals surface area contributed by atoms with Crippen molar-refractivity contribution in [2.45, 2.75) is 0 Å². The second-order valence-electron chi connectivity index (χ2n) is 0. The van der Waals surface area contributed by atoms with E-state index in [0.29, 0.717) is 0 Å². The minimum absolute atomic E-state index is 0. The van der Waals surface area contributed by atoms with E-state index in [9.17, 15) is 0 Å². The minimum Gasteiger partial charge on any atom is 0 e. The zero-order valence-corrected chi connectivity index (χ0v) is 7.65. The van der Waals surface area contributed by atoms with Crippen molar-refractivity contribution in [2.75, 3.05) is 0 Å². The zero-order chi connectivity index (χ0) is 0. The van der Waals surface area contributed by atoms with E-state index in [1.165, 1.54) is 0 Å². The molecule has 0 amide bonds. The van der Waals surface area contributed by atoms with E-state index in [4.69, 9.17) is 0 Å². The van der Waals surface area contributed by atoms with E-state index >= 15 is 0 Å². The summed E-state index contributed by atoms with van der Waals surface area (Å²) >= 11 is 0. The van der Waals surface area contributed by atoms with E-state index < -0.39 is 0 Å². The molecule has 0 N–H and O–H groups in total. The maximum atomic E-state index is 0. The van der Waals surface area contributed by atoms with Gasteiger partial charge in [0.05, 0.1) is 8.41 Å². The number of rotatable bonds is 0. The summed E-state index contributed by atoms with van der Waals surface area (Å²) in [5, 5.41) is 0. The largest absolute Gasteiger partial charge is 0.0814 e. The van der Waals surface area contributed by atoms with Gasteiger partial charge in [0.25, 0.3) is 0 Å². The van der Waals surface area contributed by atoms with E-state index in [2.05, 4.69) is 0 Å². The average molecular weight is 230 g/mol. The Morgan fingerprint density at radius 1 is 1.00 bits per heavy atom. The average Bonchev–Trinajstić information content (AvgIpc) is 0. The summed E-state index contributed by atoms with van der Waals surface area (Å²) in [4.78, 5) is 0. The van der Waals surface area contributed by atoms with Crippen molar-refractivity contribution >= 4 is 8.41 Å².